The highest BCUT2D eigenvalue weighted by Crippen LogP contribution is 2.04. The Bertz CT molecular complexity index is 456. The Kier molecular flexibility index (Phi) is 2.70. The Labute approximate surface area is 85.4 Å². The van der Waals surface area contributed by atoms with Crippen LogP contribution in [0.1, 0.15) is 5.56 Å². The number of aromatic nitrogens is 2. The van der Waals surface area contributed by atoms with Gasteiger partial charge < -0.3 is 9.47 Å². The maximum Gasteiger partial charge on any atom is 0.328 e. The molecule has 1 aromatic heterocycles. The molecular formula is C9H12N2O4. The summed E-state index contributed by atoms with van der Waals surface area (Å²) in [4.78, 5) is 24.7. The van der Waals surface area contributed by atoms with E-state index < -0.39 is 12.0 Å². The molecule has 1 saturated heterocycles. The molecule has 0 aliphatic carbocycles. The van der Waals surface area contributed by atoms with Gasteiger partial charge in [-0.25, -0.2) is 4.79 Å². The molecular weight excluding hydrogens is 200 g/mol. The molecule has 1 aromatic rings. The topological polar surface area (TPSA) is 73.3 Å². The second-order valence-corrected chi connectivity index (χ2v) is 3.39. The quantitative estimate of drug-likeness (QED) is 0.697. The fourth-order valence-electron chi connectivity index (χ4n) is 1.43. The fraction of sp³-hybridized carbons (Fsp3) is 0.556. The summed E-state index contributed by atoms with van der Waals surface area (Å²) in [5.41, 5.74) is -0.304. The first kappa shape index (κ1) is 10.1. The number of nitrogens with zero attached hydrogens (tertiary/aromatic N) is 1. The number of rotatable bonds is 2. The first-order chi connectivity index (χ1) is 7.16. The third kappa shape index (κ3) is 2.16. The number of hydrogen-bond acceptors (Lipinski definition) is 4. The predicted molar refractivity (Wildman–Crippen MR) is 51.8 cm³/mol. The van der Waals surface area contributed by atoms with Gasteiger partial charge in [0.25, 0.3) is 5.56 Å². The van der Waals surface area contributed by atoms with Crippen molar-refractivity contribution in [2.24, 2.45) is 0 Å². The molecule has 0 atom stereocenters. The van der Waals surface area contributed by atoms with Crippen LogP contribution in [0, 0.1) is 6.92 Å². The van der Waals surface area contributed by atoms with Crippen LogP contribution in [0.15, 0.2) is 15.8 Å². The zero-order valence-corrected chi connectivity index (χ0v) is 8.36. The molecule has 6 heteroatoms. The van der Waals surface area contributed by atoms with Gasteiger partial charge in [0.1, 0.15) is 0 Å². The molecule has 0 unspecified atom stereocenters. The predicted octanol–water partition coefficient (Wildman–Crippen LogP) is -0.782. The van der Waals surface area contributed by atoms with E-state index in [1.807, 2.05) is 0 Å². The zero-order valence-electron chi connectivity index (χ0n) is 8.36. The highest BCUT2D eigenvalue weighted by atomic mass is 16.7. The van der Waals surface area contributed by atoms with Gasteiger partial charge in [0, 0.05) is 11.8 Å². The van der Waals surface area contributed by atoms with Crippen molar-refractivity contribution in [3.05, 3.63) is 32.6 Å². The van der Waals surface area contributed by atoms with Gasteiger partial charge in [-0.1, -0.05) is 0 Å². The van der Waals surface area contributed by atoms with E-state index in [0.717, 1.165) is 0 Å². The third-order valence-electron chi connectivity index (χ3n) is 2.23. The van der Waals surface area contributed by atoms with Gasteiger partial charge in [0.15, 0.2) is 6.29 Å². The molecule has 1 aliphatic rings. The molecule has 0 saturated carbocycles. The summed E-state index contributed by atoms with van der Waals surface area (Å²) >= 11 is 0. The molecule has 82 valence electrons. The van der Waals surface area contributed by atoms with Crippen LogP contribution >= 0.6 is 0 Å². The molecule has 0 aromatic carbocycles. The van der Waals surface area contributed by atoms with E-state index in [-0.39, 0.29) is 5.56 Å². The van der Waals surface area contributed by atoms with Gasteiger partial charge in [-0.15, -0.1) is 0 Å². The van der Waals surface area contributed by atoms with Crippen molar-refractivity contribution in [2.45, 2.75) is 19.8 Å². The number of nitrogens with one attached hydrogen (secondary N) is 1. The molecule has 0 radical (unpaired) electrons. The molecule has 0 spiro atoms. The van der Waals surface area contributed by atoms with Crippen molar-refractivity contribution in [1.29, 1.82) is 0 Å². The van der Waals surface area contributed by atoms with Gasteiger partial charge >= 0.3 is 5.69 Å². The third-order valence-corrected chi connectivity index (χ3v) is 2.23. The van der Waals surface area contributed by atoms with Crippen LogP contribution in [0.5, 0.6) is 0 Å². The minimum atomic E-state index is -0.440. The minimum Gasteiger partial charge on any atom is -0.348 e. The van der Waals surface area contributed by atoms with Crippen molar-refractivity contribution in [1.82, 2.24) is 9.55 Å². The van der Waals surface area contributed by atoms with Crippen LogP contribution in [0.3, 0.4) is 0 Å². The van der Waals surface area contributed by atoms with Gasteiger partial charge in [0.2, 0.25) is 0 Å². The Morgan fingerprint density at radius 3 is 2.80 bits per heavy atom. The van der Waals surface area contributed by atoms with Crippen LogP contribution < -0.4 is 11.2 Å². The average Bonchev–Trinajstić information content (AvgIpc) is 2.67. The lowest BCUT2D eigenvalue weighted by molar-refractivity contribution is -0.0533. The average molecular weight is 212 g/mol. The van der Waals surface area contributed by atoms with E-state index >= 15 is 0 Å². The monoisotopic (exact) mass is 212 g/mol. The molecule has 15 heavy (non-hydrogen) atoms. The Balaban J connectivity index is 2.24. The standard InChI is InChI=1S/C9H12N2O4/c1-6-4-11(9(13)10-8(6)12)5-7-14-2-3-15-7/h4,7H,2-3,5H2,1H3,(H,10,12,13). The summed E-state index contributed by atoms with van der Waals surface area (Å²) in [5.74, 6) is 0. The van der Waals surface area contributed by atoms with E-state index in [1.54, 1.807) is 6.92 Å². The number of aromatic amines is 1. The fourth-order valence-corrected chi connectivity index (χ4v) is 1.43. The van der Waals surface area contributed by atoms with E-state index in [2.05, 4.69) is 4.98 Å². The van der Waals surface area contributed by atoms with Crippen molar-refractivity contribution in [3.63, 3.8) is 0 Å². The summed E-state index contributed by atoms with van der Waals surface area (Å²) in [7, 11) is 0. The zero-order chi connectivity index (χ0) is 10.8. The van der Waals surface area contributed by atoms with Gasteiger partial charge in [-0.05, 0) is 6.92 Å². The Hall–Kier alpha value is -1.40. The number of hydrogen-bond donors (Lipinski definition) is 1. The highest BCUT2D eigenvalue weighted by molar-refractivity contribution is 5.00. The summed E-state index contributed by atoms with van der Waals surface area (Å²) in [6.45, 7) is 3.03. The SMILES string of the molecule is Cc1cn(CC2OCCO2)c(=O)[nH]c1=O. The molecule has 1 fully saturated rings. The highest BCUT2D eigenvalue weighted by Gasteiger charge is 2.17. The van der Waals surface area contributed by atoms with Crippen molar-refractivity contribution >= 4 is 0 Å². The van der Waals surface area contributed by atoms with Crippen LogP contribution in [-0.4, -0.2) is 29.1 Å². The summed E-state index contributed by atoms with van der Waals surface area (Å²) in [6, 6.07) is 0. The molecule has 1 aliphatic heterocycles. The van der Waals surface area contributed by atoms with Crippen LogP contribution in [0.4, 0.5) is 0 Å². The molecule has 1 N–H and O–H groups in total. The Morgan fingerprint density at radius 1 is 1.47 bits per heavy atom. The van der Waals surface area contributed by atoms with Gasteiger partial charge in [0.05, 0.1) is 19.8 Å². The summed E-state index contributed by atoms with van der Waals surface area (Å²) in [6.07, 6.45) is 1.11. The molecule has 2 rings (SSSR count). The number of aryl methyl sites for hydroxylation is 1. The number of H-pyrrole nitrogens is 1. The molecule has 0 amide bonds. The first-order valence-corrected chi connectivity index (χ1v) is 4.70. The van der Waals surface area contributed by atoms with Crippen molar-refractivity contribution in [3.8, 4) is 0 Å². The van der Waals surface area contributed by atoms with Crippen molar-refractivity contribution < 1.29 is 9.47 Å². The first-order valence-electron chi connectivity index (χ1n) is 4.70. The maximum absolute atomic E-state index is 11.4. The number of ether oxygens (including phenoxy) is 2. The second kappa shape index (κ2) is 4.00. The van der Waals surface area contributed by atoms with Crippen LogP contribution in [-0.2, 0) is 16.0 Å². The van der Waals surface area contributed by atoms with Gasteiger partial charge in [-0.2, -0.15) is 0 Å². The smallest absolute Gasteiger partial charge is 0.328 e. The molecule has 6 nitrogen and oxygen atoms in total. The molecule has 2 heterocycles. The second-order valence-electron chi connectivity index (χ2n) is 3.39. The maximum atomic E-state index is 11.4. The van der Waals surface area contributed by atoms with Crippen LogP contribution in [0.25, 0.3) is 0 Å². The summed E-state index contributed by atoms with van der Waals surface area (Å²) < 4.78 is 11.8. The molecule has 0 bridgehead atoms. The normalized spacial score (nSPS) is 17.1. The van der Waals surface area contributed by atoms with E-state index in [0.29, 0.717) is 25.3 Å². The summed E-state index contributed by atoms with van der Waals surface area (Å²) in [5, 5.41) is 0. The van der Waals surface area contributed by atoms with E-state index in [1.165, 1.54) is 10.8 Å². The van der Waals surface area contributed by atoms with Gasteiger partial charge in [-0.3, -0.25) is 14.3 Å². The van der Waals surface area contributed by atoms with E-state index in [4.69, 9.17) is 9.47 Å². The lowest BCUT2D eigenvalue weighted by atomic mass is 10.4. The largest absolute Gasteiger partial charge is 0.348 e. The lowest BCUT2D eigenvalue weighted by Crippen LogP contribution is -2.34. The minimum absolute atomic E-state index is 0.302. The van der Waals surface area contributed by atoms with Crippen LogP contribution in [0.2, 0.25) is 0 Å². The lowest BCUT2D eigenvalue weighted by Gasteiger charge is -2.10. The van der Waals surface area contributed by atoms with E-state index in [9.17, 15) is 9.59 Å². The Morgan fingerprint density at radius 2 is 2.13 bits per heavy atom. The van der Waals surface area contributed by atoms with Crippen molar-refractivity contribution in [2.75, 3.05) is 13.2 Å².